The van der Waals surface area contributed by atoms with Crippen molar-refractivity contribution in [3.05, 3.63) is 29.3 Å². The normalized spacial score (nSPS) is 14.6. The molecule has 1 saturated carbocycles. The first-order valence-corrected chi connectivity index (χ1v) is 6.49. The number of nitrogens with two attached hydrogens (primary N) is 1. The molecule has 2 heterocycles. The molecule has 0 amide bonds. The van der Waals surface area contributed by atoms with Crippen molar-refractivity contribution in [3.8, 4) is 0 Å². The predicted molar refractivity (Wildman–Crippen MR) is 73.7 cm³/mol. The second kappa shape index (κ2) is 4.53. The molecule has 3 N–H and O–H groups in total. The van der Waals surface area contributed by atoms with Gasteiger partial charge in [0.2, 0.25) is 0 Å². The van der Waals surface area contributed by atoms with Crippen LogP contribution in [-0.4, -0.2) is 19.7 Å². The van der Waals surface area contributed by atoms with E-state index in [1.807, 2.05) is 26.4 Å². The van der Waals surface area contributed by atoms with Gasteiger partial charge in [-0.05, 0) is 19.8 Å². The molecule has 2 aromatic rings. The maximum atomic E-state index is 5.95. The van der Waals surface area contributed by atoms with Crippen molar-refractivity contribution >= 4 is 11.6 Å². The van der Waals surface area contributed by atoms with Crippen molar-refractivity contribution in [3.63, 3.8) is 0 Å². The molecule has 0 unspecified atom stereocenters. The molecule has 1 fully saturated rings. The van der Waals surface area contributed by atoms with Crippen LogP contribution in [-0.2, 0) is 13.6 Å². The maximum absolute atomic E-state index is 5.95. The first-order chi connectivity index (χ1) is 9.13. The summed E-state index contributed by atoms with van der Waals surface area (Å²) in [4.78, 5) is 8.95. The molecule has 6 heteroatoms. The van der Waals surface area contributed by atoms with Gasteiger partial charge in [0, 0.05) is 36.8 Å². The molecule has 0 spiro atoms. The van der Waals surface area contributed by atoms with E-state index in [0.29, 0.717) is 18.3 Å². The van der Waals surface area contributed by atoms with Gasteiger partial charge in [-0.15, -0.1) is 0 Å². The highest BCUT2D eigenvalue weighted by molar-refractivity contribution is 5.55. The zero-order chi connectivity index (χ0) is 13.4. The third kappa shape index (κ3) is 2.52. The Balaban J connectivity index is 1.79. The second-order valence-electron chi connectivity index (χ2n) is 5.09. The summed E-state index contributed by atoms with van der Waals surface area (Å²) in [6.07, 6.45) is 6.17. The van der Waals surface area contributed by atoms with E-state index in [9.17, 15) is 0 Å². The van der Waals surface area contributed by atoms with Crippen LogP contribution in [0.5, 0.6) is 0 Å². The van der Waals surface area contributed by atoms with Crippen LogP contribution in [0, 0.1) is 6.92 Å². The molecule has 1 aliphatic carbocycles. The average molecular weight is 258 g/mol. The molecule has 100 valence electrons. The van der Waals surface area contributed by atoms with Crippen molar-refractivity contribution in [2.45, 2.75) is 32.2 Å². The topological polar surface area (TPSA) is 81.7 Å². The minimum Gasteiger partial charge on any atom is -0.383 e. The van der Waals surface area contributed by atoms with Gasteiger partial charge in [0.1, 0.15) is 17.5 Å². The average Bonchev–Trinajstić information content (AvgIpc) is 3.15. The van der Waals surface area contributed by atoms with E-state index in [1.165, 1.54) is 12.8 Å². The van der Waals surface area contributed by atoms with E-state index in [1.54, 1.807) is 4.68 Å². The lowest BCUT2D eigenvalue weighted by atomic mass is 10.2. The highest BCUT2D eigenvalue weighted by Crippen LogP contribution is 2.39. The number of anilines is 2. The summed E-state index contributed by atoms with van der Waals surface area (Å²) in [5.41, 5.74) is 7.98. The quantitative estimate of drug-likeness (QED) is 0.870. The zero-order valence-corrected chi connectivity index (χ0v) is 11.2. The smallest absolute Gasteiger partial charge is 0.136 e. The Morgan fingerprint density at radius 2 is 2.21 bits per heavy atom. The predicted octanol–water partition coefficient (Wildman–Crippen LogP) is 1.59. The largest absolute Gasteiger partial charge is 0.383 e. The molecular formula is C13H18N6. The number of nitrogens with zero attached hydrogens (tertiary/aromatic N) is 4. The highest BCUT2D eigenvalue weighted by Gasteiger charge is 2.27. The van der Waals surface area contributed by atoms with Gasteiger partial charge in [-0.3, -0.25) is 4.68 Å². The van der Waals surface area contributed by atoms with Crippen LogP contribution in [0.4, 0.5) is 11.6 Å². The number of rotatable bonds is 4. The van der Waals surface area contributed by atoms with Crippen LogP contribution in [0.2, 0.25) is 0 Å². The van der Waals surface area contributed by atoms with Crippen molar-refractivity contribution in [1.82, 2.24) is 19.7 Å². The van der Waals surface area contributed by atoms with Crippen LogP contribution in [0.1, 0.15) is 35.7 Å². The summed E-state index contributed by atoms with van der Waals surface area (Å²) in [6.45, 7) is 2.63. The first kappa shape index (κ1) is 12.0. The number of hydrogen-bond donors (Lipinski definition) is 2. The summed E-state index contributed by atoms with van der Waals surface area (Å²) in [5, 5.41) is 7.47. The molecule has 1 aliphatic rings. The standard InChI is InChI=1S/C13H18N6/c1-8-11(14)17-13(10-3-4-10)18-12(8)15-5-9-6-16-19(2)7-9/h6-7,10H,3-5H2,1-2H3,(H3,14,15,17,18). The van der Waals surface area contributed by atoms with Crippen LogP contribution in [0.15, 0.2) is 12.4 Å². The molecule has 19 heavy (non-hydrogen) atoms. The third-order valence-corrected chi connectivity index (χ3v) is 3.36. The van der Waals surface area contributed by atoms with Gasteiger partial charge < -0.3 is 11.1 Å². The first-order valence-electron chi connectivity index (χ1n) is 6.49. The van der Waals surface area contributed by atoms with E-state index in [2.05, 4.69) is 20.4 Å². The molecule has 2 aromatic heterocycles. The van der Waals surface area contributed by atoms with E-state index in [4.69, 9.17) is 5.73 Å². The van der Waals surface area contributed by atoms with Crippen molar-refractivity contribution < 1.29 is 0 Å². The number of aromatic nitrogens is 4. The molecule has 0 atom stereocenters. The summed E-state index contributed by atoms with van der Waals surface area (Å²) in [5.74, 6) is 2.78. The Morgan fingerprint density at radius 1 is 1.42 bits per heavy atom. The third-order valence-electron chi connectivity index (χ3n) is 3.36. The van der Waals surface area contributed by atoms with Gasteiger partial charge in [0.05, 0.1) is 6.20 Å². The van der Waals surface area contributed by atoms with Gasteiger partial charge in [0.25, 0.3) is 0 Å². The van der Waals surface area contributed by atoms with Gasteiger partial charge in [-0.1, -0.05) is 0 Å². The number of hydrogen-bond acceptors (Lipinski definition) is 5. The molecule has 0 aliphatic heterocycles. The number of aryl methyl sites for hydroxylation is 1. The van der Waals surface area contributed by atoms with Gasteiger partial charge in [0.15, 0.2) is 0 Å². The van der Waals surface area contributed by atoms with Gasteiger partial charge in [-0.2, -0.15) is 5.10 Å². The lowest BCUT2D eigenvalue weighted by Crippen LogP contribution is -2.09. The second-order valence-corrected chi connectivity index (χ2v) is 5.09. The molecule has 3 rings (SSSR count). The van der Waals surface area contributed by atoms with Crippen LogP contribution in [0.25, 0.3) is 0 Å². The van der Waals surface area contributed by atoms with Gasteiger partial charge >= 0.3 is 0 Å². The molecule has 0 radical (unpaired) electrons. The minimum absolute atomic E-state index is 0.502. The lowest BCUT2D eigenvalue weighted by Gasteiger charge is -2.11. The summed E-state index contributed by atoms with van der Waals surface area (Å²) in [7, 11) is 1.91. The molecule has 0 aromatic carbocycles. The Bertz CT molecular complexity index is 599. The van der Waals surface area contributed by atoms with Crippen molar-refractivity contribution in [2.75, 3.05) is 11.1 Å². The van der Waals surface area contributed by atoms with Gasteiger partial charge in [-0.25, -0.2) is 9.97 Å². The Hall–Kier alpha value is -2.11. The lowest BCUT2D eigenvalue weighted by molar-refractivity contribution is 0.767. The fourth-order valence-electron chi connectivity index (χ4n) is 2.00. The van der Waals surface area contributed by atoms with E-state index in [0.717, 1.165) is 22.8 Å². The number of nitrogens with one attached hydrogen (secondary N) is 1. The SMILES string of the molecule is Cc1c(N)nc(C2CC2)nc1NCc1cnn(C)c1. The Morgan fingerprint density at radius 3 is 2.84 bits per heavy atom. The molecule has 0 bridgehead atoms. The summed E-state index contributed by atoms with van der Waals surface area (Å²) < 4.78 is 1.79. The Labute approximate surface area is 112 Å². The highest BCUT2D eigenvalue weighted by atomic mass is 15.2. The molecule has 6 nitrogen and oxygen atoms in total. The van der Waals surface area contributed by atoms with E-state index < -0.39 is 0 Å². The Kier molecular flexibility index (Phi) is 2.85. The number of nitrogen functional groups attached to an aromatic ring is 1. The van der Waals surface area contributed by atoms with Crippen LogP contribution < -0.4 is 11.1 Å². The monoisotopic (exact) mass is 258 g/mol. The zero-order valence-electron chi connectivity index (χ0n) is 11.2. The molecular weight excluding hydrogens is 240 g/mol. The maximum Gasteiger partial charge on any atom is 0.136 e. The summed E-state index contributed by atoms with van der Waals surface area (Å²) in [6, 6.07) is 0. The fourth-order valence-corrected chi connectivity index (χ4v) is 2.00. The van der Waals surface area contributed by atoms with Crippen molar-refractivity contribution in [1.29, 1.82) is 0 Å². The van der Waals surface area contributed by atoms with Crippen LogP contribution >= 0.6 is 0 Å². The summed E-state index contributed by atoms with van der Waals surface area (Å²) >= 11 is 0. The van der Waals surface area contributed by atoms with E-state index >= 15 is 0 Å². The van der Waals surface area contributed by atoms with Crippen molar-refractivity contribution in [2.24, 2.45) is 7.05 Å². The fraction of sp³-hybridized carbons (Fsp3) is 0.462. The van der Waals surface area contributed by atoms with Crippen LogP contribution in [0.3, 0.4) is 0 Å². The van der Waals surface area contributed by atoms with E-state index in [-0.39, 0.29) is 0 Å². The molecule has 0 saturated heterocycles. The minimum atomic E-state index is 0.502.